The van der Waals surface area contributed by atoms with Crippen LogP contribution in [0.3, 0.4) is 0 Å². The molecule has 4 rings (SSSR count). The van der Waals surface area contributed by atoms with E-state index in [1.165, 1.54) is 9.21 Å². The minimum atomic E-state index is -3.80. The molecule has 192 valence electrons. The van der Waals surface area contributed by atoms with Crippen molar-refractivity contribution in [2.75, 3.05) is 45.1 Å². The average molecular weight is 508 g/mol. The van der Waals surface area contributed by atoms with E-state index in [0.29, 0.717) is 32.6 Å². The summed E-state index contributed by atoms with van der Waals surface area (Å²) in [4.78, 5) is 26.6. The number of aryl methyl sites for hydroxylation is 1. The van der Waals surface area contributed by atoms with Crippen molar-refractivity contribution in [1.29, 1.82) is 0 Å². The normalized spacial score (nSPS) is 23.0. The summed E-state index contributed by atoms with van der Waals surface area (Å²) in [7, 11) is -3.80. The summed E-state index contributed by atoms with van der Waals surface area (Å²) in [6, 6.07) is 8.00. The smallest absolute Gasteiger partial charge is 0.410 e. The molecule has 10 nitrogen and oxygen atoms in total. The maximum Gasteiger partial charge on any atom is 0.410 e. The van der Waals surface area contributed by atoms with Crippen molar-refractivity contribution in [2.24, 2.45) is 5.41 Å². The lowest BCUT2D eigenvalue weighted by Gasteiger charge is -2.40. The molecule has 1 atom stereocenters. The molecule has 0 aromatic heterocycles. The highest BCUT2D eigenvalue weighted by Gasteiger charge is 2.47. The fourth-order valence-corrected chi connectivity index (χ4v) is 6.99. The Labute approximate surface area is 205 Å². The monoisotopic (exact) mass is 507 g/mol. The molecule has 1 aromatic rings. The van der Waals surface area contributed by atoms with Crippen LogP contribution < -0.4 is 5.48 Å². The summed E-state index contributed by atoms with van der Waals surface area (Å²) in [5.74, 6) is -1.18. The Hall–Kier alpha value is -2.47. The van der Waals surface area contributed by atoms with E-state index >= 15 is 0 Å². The number of benzene rings is 1. The van der Waals surface area contributed by atoms with E-state index < -0.39 is 33.2 Å². The van der Waals surface area contributed by atoms with Gasteiger partial charge in [0.05, 0.1) is 24.4 Å². The van der Waals surface area contributed by atoms with Gasteiger partial charge in [-0.25, -0.2) is 18.7 Å². The SMILES string of the molecule is Cc1ccccc1C1=CCN(S(=O)(=O)CC2(C(=O)NO)CCN(C(=O)OC3CCOC3)CC2)CC1. The summed E-state index contributed by atoms with van der Waals surface area (Å²) in [5, 5.41) is 9.37. The van der Waals surface area contributed by atoms with Gasteiger partial charge in [-0.1, -0.05) is 30.3 Å². The molecule has 1 unspecified atom stereocenters. The molecular formula is C24H33N3O7S. The molecule has 2 saturated heterocycles. The molecule has 2 amide bonds. The maximum absolute atomic E-state index is 13.4. The highest BCUT2D eigenvalue weighted by atomic mass is 32.2. The first-order chi connectivity index (χ1) is 16.7. The number of piperidine rings is 1. The molecule has 3 aliphatic heterocycles. The molecule has 3 heterocycles. The quantitative estimate of drug-likeness (QED) is 0.445. The largest absolute Gasteiger partial charge is 0.444 e. The third-order valence-electron chi connectivity index (χ3n) is 7.23. The second-order valence-corrected chi connectivity index (χ2v) is 11.5. The van der Waals surface area contributed by atoms with Gasteiger partial charge in [-0.3, -0.25) is 10.0 Å². The van der Waals surface area contributed by atoms with Gasteiger partial charge in [0.25, 0.3) is 5.91 Å². The molecular weight excluding hydrogens is 474 g/mol. The number of ether oxygens (including phenoxy) is 2. The Morgan fingerprint density at radius 1 is 1.23 bits per heavy atom. The molecule has 1 aromatic carbocycles. The van der Waals surface area contributed by atoms with E-state index in [9.17, 15) is 23.2 Å². The molecule has 0 saturated carbocycles. The second kappa shape index (κ2) is 10.7. The van der Waals surface area contributed by atoms with Crippen LogP contribution in [0.1, 0.15) is 36.8 Å². The number of carbonyl (C=O) groups excluding carboxylic acids is 2. The first-order valence-electron chi connectivity index (χ1n) is 11.9. The number of hydrogen-bond donors (Lipinski definition) is 2. The Morgan fingerprint density at radius 2 is 1.97 bits per heavy atom. The standard InChI is InChI=1S/C24H33N3O7S/c1-18-4-2-3-5-21(18)19-6-11-27(12-7-19)35(31,32)17-24(22(28)25-30)9-13-26(14-10-24)23(29)34-20-8-15-33-16-20/h2-6,20,30H,7-17H2,1H3,(H,25,28). The minimum Gasteiger partial charge on any atom is -0.444 e. The lowest BCUT2D eigenvalue weighted by Crippen LogP contribution is -2.54. The topological polar surface area (TPSA) is 125 Å². The van der Waals surface area contributed by atoms with E-state index in [0.717, 1.165) is 16.7 Å². The molecule has 11 heteroatoms. The number of sulfonamides is 1. The van der Waals surface area contributed by atoms with Crippen molar-refractivity contribution in [3.05, 3.63) is 41.5 Å². The van der Waals surface area contributed by atoms with Crippen molar-refractivity contribution in [3.8, 4) is 0 Å². The third-order valence-corrected chi connectivity index (χ3v) is 9.27. The van der Waals surface area contributed by atoms with Gasteiger partial charge in [-0.2, -0.15) is 4.31 Å². The summed E-state index contributed by atoms with van der Waals surface area (Å²) < 4.78 is 38.8. The van der Waals surface area contributed by atoms with Gasteiger partial charge in [0.1, 0.15) is 6.10 Å². The zero-order chi connectivity index (χ0) is 25.1. The Kier molecular flexibility index (Phi) is 7.80. The van der Waals surface area contributed by atoms with Crippen molar-refractivity contribution in [1.82, 2.24) is 14.7 Å². The number of rotatable bonds is 6. The van der Waals surface area contributed by atoms with E-state index in [1.54, 1.807) is 5.48 Å². The zero-order valence-corrected chi connectivity index (χ0v) is 20.8. The Balaban J connectivity index is 1.41. The fraction of sp³-hybridized carbons (Fsp3) is 0.583. The first kappa shape index (κ1) is 25.6. The second-order valence-electron chi connectivity index (χ2n) is 9.49. The van der Waals surface area contributed by atoms with Crippen LogP contribution in [0, 0.1) is 12.3 Å². The van der Waals surface area contributed by atoms with Crippen LogP contribution in [0.15, 0.2) is 30.3 Å². The molecule has 0 spiro atoms. The van der Waals surface area contributed by atoms with Gasteiger partial charge in [0, 0.05) is 32.6 Å². The molecule has 0 aliphatic carbocycles. The summed E-state index contributed by atoms with van der Waals surface area (Å²) >= 11 is 0. The lowest BCUT2D eigenvalue weighted by molar-refractivity contribution is -0.141. The lowest BCUT2D eigenvalue weighted by atomic mass is 9.79. The molecule has 0 bridgehead atoms. The van der Waals surface area contributed by atoms with Crippen LogP contribution in [-0.2, 0) is 24.3 Å². The van der Waals surface area contributed by atoms with E-state index in [4.69, 9.17) is 9.47 Å². The van der Waals surface area contributed by atoms with Gasteiger partial charge < -0.3 is 14.4 Å². The predicted octanol–water partition coefficient (Wildman–Crippen LogP) is 1.93. The van der Waals surface area contributed by atoms with Gasteiger partial charge in [0.2, 0.25) is 10.0 Å². The number of hydroxylamine groups is 1. The highest BCUT2D eigenvalue weighted by molar-refractivity contribution is 7.89. The van der Waals surface area contributed by atoms with Gasteiger partial charge in [-0.15, -0.1) is 0 Å². The van der Waals surface area contributed by atoms with E-state index in [1.807, 2.05) is 37.3 Å². The molecule has 3 aliphatic rings. The zero-order valence-electron chi connectivity index (χ0n) is 19.9. The maximum atomic E-state index is 13.4. The summed E-state index contributed by atoms with van der Waals surface area (Å²) in [5.41, 5.74) is 3.68. The number of likely N-dealkylation sites (tertiary alicyclic amines) is 1. The van der Waals surface area contributed by atoms with Crippen molar-refractivity contribution >= 4 is 27.6 Å². The third kappa shape index (κ3) is 5.69. The molecule has 2 fully saturated rings. The van der Waals surface area contributed by atoms with Crippen molar-refractivity contribution in [3.63, 3.8) is 0 Å². The number of hydrogen-bond acceptors (Lipinski definition) is 7. The van der Waals surface area contributed by atoms with E-state index in [2.05, 4.69) is 0 Å². The molecule has 0 radical (unpaired) electrons. The molecule has 35 heavy (non-hydrogen) atoms. The number of nitrogens with one attached hydrogen (secondary N) is 1. The van der Waals surface area contributed by atoms with Crippen molar-refractivity contribution < 1.29 is 32.7 Å². The van der Waals surface area contributed by atoms with Crippen molar-refractivity contribution in [2.45, 2.75) is 38.7 Å². The average Bonchev–Trinajstić information content (AvgIpc) is 3.37. The minimum absolute atomic E-state index is 0.104. The van der Waals surface area contributed by atoms with Crippen LogP contribution >= 0.6 is 0 Å². The van der Waals surface area contributed by atoms with Crippen LogP contribution in [-0.4, -0.2) is 86.1 Å². The van der Waals surface area contributed by atoms with Crippen LogP contribution in [0.5, 0.6) is 0 Å². The molecule has 2 N–H and O–H groups in total. The van der Waals surface area contributed by atoms with Gasteiger partial charge in [-0.05, 0) is 42.9 Å². The van der Waals surface area contributed by atoms with Gasteiger partial charge >= 0.3 is 6.09 Å². The van der Waals surface area contributed by atoms with Gasteiger partial charge in [0.15, 0.2) is 0 Å². The van der Waals surface area contributed by atoms with E-state index in [-0.39, 0.29) is 38.6 Å². The highest BCUT2D eigenvalue weighted by Crippen LogP contribution is 2.36. The summed E-state index contributed by atoms with van der Waals surface area (Å²) in [6.45, 7) is 3.81. The Bertz CT molecular complexity index is 1070. The van der Waals surface area contributed by atoms with Crippen LogP contribution in [0.4, 0.5) is 4.79 Å². The predicted molar refractivity (Wildman–Crippen MR) is 128 cm³/mol. The number of nitrogens with zero attached hydrogens (tertiary/aromatic N) is 2. The van der Waals surface area contributed by atoms with Crippen LogP contribution in [0.2, 0.25) is 0 Å². The first-order valence-corrected chi connectivity index (χ1v) is 13.6. The summed E-state index contributed by atoms with van der Waals surface area (Å²) in [6.07, 6.45) is 2.57. The number of amides is 2. The fourth-order valence-electron chi connectivity index (χ4n) is 5.02. The van der Waals surface area contributed by atoms with Crippen LogP contribution in [0.25, 0.3) is 5.57 Å². The Morgan fingerprint density at radius 3 is 2.57 bits per heavy atom. The number of carbonyl (C=O) groups is 2.